The molecule has 0 saturated heterocycles. The van der Waals surface area contributed by atoms with Crippen molar-refractivity contribution < 1.29 is 0 Å². The molecule has 0 aliphatic rings. The van der Waals surface area contributed by atoms with Crippen LogP contribution in [0.3, 0.4) is 0 Å². The Bertz CT molecular complexity index is 1090. The monoisotopic (exact) mass is 574 g/mol. The quantitative estimate of drug-likeness (QED) is 0.153. The van der Waals surface area contributed by atoms with Crippen LogP contribution in [0.25, 0.3) is 5.57 Å². The lowest BCUT2D eigenvalue weighted by Crippen LogP contribution is -2.15. The Morgan fingerprint density at radius 2 is 1.62 bits per heavy atom. The highest BCUT2D eigenvalue weighted by molar-refractivity contribution is 5.81. The number of nitrogens with one attached hydrogen (secondary N) is 1. The van der Waals surface area contributed by atoms with Crippen LogP contribution in [-0.4, -0.2) is 25.5 Å². The molecular weight excluding hydrogens is 510 g/mol. The molecule has 1 rings (SSSR count). The Kier molecular flexibility index (Phi) is 22.6. The standard InChI is InChI=1S/C19H24.C18H33N3.C2H6/c1-7-16(6)19(15(4)5)18-10-8-9-17(13-18)12-11-14(2)3;1-8-20-13-17(9-10-21(6)7)15(4)12-18(16(5)19)11-14(2)3;1-2/h7-10,13H,1-2,4,11-12H2,3,5-6H3;8,12-14,18,20H,1,5,9-11,19H2,2-4,6-7H3;1-2H3/b19-16+;15-12-,17-13-;. The highest BCUT2D eigenvalue weighted by atomic mass is 15.0. The van der Waals surface area contributed by atoms with Crippen LogP contribution in [0.15, 0.2) is 115 Å². The van der Waals surface area contributed by atoms with Gasteiger partial charge in [0, 0.05) is 24.4 Å². The molecule has 234 valence electrons. The molecule has 0 bridgehead atoms. The molecule has 1 aromatic rings. The molecule has 0 spiro atoms. The third-order valence-corrected chi connectivity index (χ3v) is 6.55. The van der Waals surface area contributed by atoms with Crippen LogP contribution in [-0.2, 0) is 6.42 Å². The first-order valence-electron chi connectivity index (χ1n) is 15.3. The van der Waals surface area contributed by atoms with Crippen molar-refractivity contribution in [1.29, 1.82) is 0 Å². The fraction of sp³-hybridized carbons (Fsp3) is 0.436. The van der Waals surface area contributed by atoms with Crippen LogP contribution in [0.2, 0.25) is 0 Å². The minimum atomic E-state index is 0.233. The summed E-state index contributed by atoms with van der Waals surface area (Å²) in [5, 5.41) is 3.09. The predicted molar refractivity (Wildman–Crippen MR) is 193 cm³/mol. The minimum Gasteiger partial charge on any atom is -0.402 e. The van der Waals surface area contributed by atoms with E-state index in [9.17, 15) is 0 Å². The van der Waals surface area contributed by atoms with Gasteiger partial charge in [0.1, 0.15) is 0 Å². The first-order valence-corrected chi connectivity index (χ1v) is 15.3. The molecule has 0 aromatic heterocycles. The average Bonchev–Trinajstić information content (AvgIpc) is 2.92. The van der Waals surface area contributed by atoms with Gasteiger partial charge in [-0.1, -0.05) is 102 Å². The van der Waals surface area contributed by atoms with E-state index in [4.69, 9.17) is 5.73 Å². The SMILES string of the molecule is C=C/C(C)=C(\C(=C)C)c1cccc(CCC(=C)C)c1.C=CN/C=C(CCN(C)C)\C(C)=C/C(CC(C)C)C(=C)N.CC. The van der Waals surface area contributed by atoms with Crippen molar-refractivity contribution in [3.63, 3.8) is 0 Å². The lowest BCUT2D eigenvalue weighted by atomic mass is 9.91. The molecule has 0 radical (unpaired) electrons. The van der Waals surface area contributed by atoms with Crippen molar-refractivity contribution in [2.45, 2.75) is 81.1 Å². The Morgan fingerprint density at radius 1 is 1.00 bits per heavy atom. The summed E-state index contributed by atoms with van der Waals surface area (Å²) in [5.41, 5.74) is 16.5. The summed E-state index contributed by atoms with van der Waals surface area (Å²) in [5.74, 6) is 0.830. The summed E-state index contributed by atoms with van der Waals surface area (Å²) >= 11 is 0. The first-order chi connectivity index (χ1) is 19.7. The molecule has 0 fully saturated rings. The van der Waals surface area contributed by atoms with E-state index in [2.05, 4.69) is 122 Å². The van der Waals surface area contributed by atoms with Gasteiger partial charge in [0.15, 0.2) is 0 Å². The van der Waals surface area contributed by atoms with E-state index in [-0.39, 0.29) is 5.92 Å². The maximum Gasteiger partial charge on any atom is 0.0166 e. The second-order valence-electron chi connectivity index (χ2n) is 11.5. The minimum absolute atomic E-state index is 0.233. The normalized spacial score (nSPS) is 12.7. The zero-order valence-corrected chi connectivity index (χ0v) is 28.9. The number of nitrogens with two attached hydrogens (primary N) is 1. The first kappa shape index (κ1) is 40.8. The van der Waals surface area contributed by atoms with Crippen molar-refractivity contribution in [2.24, 2.45) is 17.6 Å². The van der Waals surface area contributed by atoms with Gasteiger partial charge in [0.05, 0.1) is 0 Å². The van der Waals surface area contributed by atoms with E-state index in [0.29, 0.717) is 5.92 Å². The highest BCUT2D eigenvalue weighted by Gasteiger charge is 2.12. The number of allylic oxidation sites excluding steroid dienone is 7. The summed E-state index contributed by atoms with van der Waals surface area (Å²) in [4.78, 5) is 2.18. The molecule has 0 aliphatic heterocycles. The second-order valence-corrected chi connectivity index (χ2v) is 11.5. The predicted octanol–water partition coefficient (Wildman–Crippen LogP) is 10.4. The van der Waals surface area contributed by atoms with Crippen molar-refractivity contribution in [3.8, 4) is 0 Å². The van der Waals surface area contributed by atoms with Gasteiger partial charge < -0.3 is 16.0 Å². The van der Waals surface area contributed by atoms with Crippen LogP contribution >= 0.6 is 0 Å². The Hall–Kier alpha value is -3.30. The third kappa shape index (κ3) is 18.2. The topological polar surface area (TPSA) is 41.3 Å². The third-order valence-electron chi connectivity index (χ3n) is 6.55. The van der Waals surface area contributed by atoms with E-state index in [1.54, 1.807) is 6.20 Å². The largest absolute Gasteiger partial charge is 0.402 e. The number of aryl methyl sites for hydroxylation is 1. The maximum absolute atomic E-state index is 5.96. The van der Waals surface area contributed by atoms with Gasteiger partial charge in [-0.05, 0) is 113 Å². The van der Waals surface area contributed by atoms with E-state index < -0.39 is 0 Å². The Balaban J connectivity index is 0. The molecule has 3 nitrogen and oxygen atoms in total. The van der Waals surface area contributed by atoms with Gasteiger partial charge in [-0.25, -0.2) is 0 Å². The lowest BCUT2D eigenvalue weighted by molar-refractivity contribution is 0.413. The fourth-order valence-electron chi connectivity index (χ4n) is 4.28. The van der Waals surface area contributed by atoms with Crippen LogP contribution in [0.1, 0.15) is 85.8 Å². The molecule has 0 saturated carbocycles. The highest BCUT2D eigenvalue weighted by Crippen LogP contribution is 2.27. The molecule has 0 heterocycles. The zero-order chi connectivity index (χ0) is 32.8. The van der Waals surface area contributed by atoms with Crippen molar-refractivity contribution >= 4 is 5.57 Å². The summed E-state index contributed by atoms with van der Waals surface area (Å²) in [7, 11) is 4.17. The summed E-state index contributed by atoms with van der Waals surface area (Å²) in [6, 6.07) is 8.68. The fourth-order valence-corrected chi connectivity index (χ4v) is 4.28. The molecule has 1 unspecified atom stereocenters. The van der Waals surface area contributed by atoms with Gasteiger partial charge in [-0.2, -0.15) is 0 Å². The summed E-state index contributed by atoms with van der Waals surface area (Å²) in [6.07, 6.45) is 11.9. The average molecular weight is 574 g/mol. The van der Waals surface area contributed by atoms with Gasteiger partial charge in [-0.15, -0.1) is 6.58 Å². The molecule has 1 atom stereocenters. The van der Waals surface area contributed by atoms with Crippen LogP contribution in [0.5, 0.6) is 0 Å². The number of rotatable bonds is 16. The van der Waals surface area contributed by atoms with E-state index in [1.807, 2.05) is 33.0 Å². The van der Waals surface area contributed by atoms with Gasteiger partial charge in [0.25, 0.3) is 0 Å². The number of benzene rings is 1. The van der Waals surface area contributed by atoms with Crippen LogP contribution in [0, 0.1) is 11.8 Å². The van der Waals surface area contributed by atoms with E-state index >= 15 is 0 Å². The van der Waals surface area contributed by atoms with E-state index in [0.717, 1.165) is 43.5 Å². The van der Waals surface area contributed by atoms with Crippen LogP contribution in [0.4, 0.5) is 0 Å². The van der Waals surface area contributed by atoms with Crippen molar-refractivity contribution in [3.05, 3.63) is 126 Å². The van der Waals surface area contributed by atoms with Gasteiger partial charge >= 0.3 is 0 Å². The Labute approximate surface area is 261 Å². The molecule has 1 aromatic carbocycles. The number of hydrogen-bond donors (Lipinski definition) is 2. The Morgan fingerprint density at radius 3 is 2.07 bits per heavy atom. The van der Waals surface area contributed by atoms with Crippen molar-refractivity contribution in [2.75, 3.05) is 20.6 Å². The number of hydrogen-bond acceptors (Lipinski definition) is 3. The molecule has 3 N–H and O–H groups in total. The molecule has 0 aliphatic carbocycles. The zero-order valence-electron chi connectivity index (χ0n) is 28.9. The summed E-state index contributed by atoms with van der Waals surface area (Å²) in [6.45, 7) is 37.3. The second kappa shape index (κ2) is 23.3. The molecule has 42 heavy (non-hydrogen) atoms. The van der Waals surface area contributed by atoms with Gasteiger partial charge in [0.2, 0.25) is 0 Å². The molecule has 0 amide bonds. The van der Waals surface area contributed by atoms with Crippen molar-refractivity contribution in [1.82, 2.24) is 10.2 Å². The molecule has 3 heteroatoms. The van der Waals surface area contributed by atoms with E-state index in [1.165, 1.54) is 39.0 Å². The molecular formula is C39H63N3. The lowest BCUT2D eigenvalue weighted by Gasteiger charge is -2.18. The smallest absolute Gasteiger partial charge is 0.0166 e. The van der Waals surface area contributed by atoms with Gasteiger partial charge in [-0.3, -0.25) is 0 Å². The number of nitrogens with zero attached hydrogens (tertiary/aromatic N) is 1. The summed E-state index contributed by atoms with van der Waals surface area (Å²) < 4.78 is 0. The van der Waals surface area contributed by atoms with Crippen LogP contribution < -0.4 is 11.1 Å². The maximum atomic E-state index is 5.96.